The first-order chi connectivity index (χ1) is 7.36. The van der Waals surface area contributed by atoms with Crippen LogP contribution in [0.25, 0.3) is 0 Å². The van der Waals surface area contributed by atoms with Gasteiger partial charge in [0, 0.05) is 24.1 Å². The maximum absolute atomic E-state index is 12.3. The van der Waals surface area contributed by atoms with Gasteiger partial charge in [0.2, 0.25) is 0 Å². The molecule has 0 saturated carbocycles. The Labute approximate surface area is 101 Å². The number of hydrogen-bond donors (Lipinski definition) is 0. The van der Waals surface area contributed by atoms with E-state index < -0.39 is 11.7 Å². The molecule has 0 radical (unpaired) electrons. The van der Waals surface area contributed by atoms with E-state index in [0.29, 0.717) is 0 Å². The Morgan fingerprint density at radius 2 is 1.75 bits per heavy atom. The summed E-state index contributed by atoms with van der Waals surface area (Å²) in [6, 6.07) is 5.42. The lowest BCUT2D eigenvalue weighted by atomic mass is 10.2. The van der Waals surface area contributed by atoms with Gasteiger partial charge in [-0.25, -0.2) is 0 Å². The summed E-state index contributed by atoms with van der Waals surface area (Å²) in [4.78, 5) is 1.93. The van der Waals surface area contributed by atoms with E-state index in [9.17, 15) is 13.2 Å². The van der Waals surface area contributed by atoms with Crippen LogP contribution in [0.2, 0.25) is 0 Å². The van der Waals surface area contributed by atoms with Crippen LogP contribution in [0.15, 0.2) is 24.3 Å². The zero-order chi connectivity index (χ0) is 12.3. The summed E-state index contributed by atoms with van der Waals surface area (Å²) in [6.07, 6.45) is -4.27. The first-order valence-corrected chi connectivity index (χ1v) is 5.94. The summed E-state index contributed by atoms with van der Waals surface area (Å²) in [7, 11) is 1.86. The molecule has 1 aromatic carbocycles. The number of hydrogen-bond acceptors (Lipinski definition) is 1. The molecule has 0 N–H and O–H groups in total. The third-order valence-corrected chi connectivity index (χ3v) is 3.42. The molecule has 0 heterocycles. The summed E-state index contributed by atoms with van der Waals surface area (Å²) >= 11 is 3.34. The Morgan fingerprint density at radius 1 is 1.25 bits per heavy atom. The summed E-state index contributed by atoms with van der Waals surface area (Å²) in [5, 5.41) is 0.768. The average Bonchev–Trinajstić information content (AvgIpc) is 2.26. The number of benzene rings is 1. The summed E-state index contributed by atoms with van der Waals surface area (Å²) in [5.74, 6) is 0. The maximum atomic E-state index is 12.3. The van der Waals surface area contributed by atoms with Gasteiger partial charge in [-0.15, -0.1) is 0 Å². The van der Waals surface area contributed by atoms with Gasteiger partial charge in [0.1, 0.15) is 0 Å². The molecule has 1 atom stereocenters. The molecule has 1 rings (SSSR count). The Balaban J connectivity index is 2.87. The third kappa shape index (κ3) is 3.14. The quantitative estimate of drug-likeness (QED) is 0.764. The minimum Gasteiger partial charge on any atom is -0.371 e. The molecule has 0 aromatic heterocycles. The lowest BCUT2D eigenvalue weighted by Crippen LogP contribution is -2.29. The zero-order valence-corrected chi connectivity index (χ0v) is 10.6. The van der Waals surface area contributed by atoms with E-state index in [1.807, 2.05) is 18.9 Å². The number of rotatable bonds is 3. The van der Waals surface area contributed by atoms with Gasteiger partial charge in [0.15, 0.2) is 0 Å². The van der Waals surface area contributed by atoms with Crippen LogP contribution in [0.4, 0.5) is 18.9 Å². The molecule has 0 fully saturated rings. The van der Waals surface area contributed by atoms with Gasteiger partial charge < -0.3 is 4.90 Å². The van der Waals surface area contributed by atoms with Gasteiger partial charge in [-0.3, -0.25) is 0 Å². The van der Waals surface area contributed by atoms with Crippen molar-refractivity contribution in [2.24, 2.45) is 0 Å². The molecular weight excluding hydrogens is 283 g/mol. The molecule has 16 heavy (non-hydrogen) atoms. The van der Waals surface area contributed by atoms with Crippen LogP contribution >= 0.6 is 15.9 Å². The first-order valence-electron chi connectivity index (χ1n) is 4.82. The highest BCUT2D eigenvalue weighted by atomic mass is 79.9. The van der Waals surface area contributed by atoms with Crippen LogP contribution in [0, 0.1) is 0 Å². The van der Waals surface area contributed by atoms with E-state index in [4.69, 9.17) is 0 Å². The van der Waals surface area contributed by atoms with Gasteiger partial charge in [0.05, 0.1) is 5.56 Å². The molecule has 90 valence electrons. The Kier molecular flexibility index (Phi) is 4.24. The van der Waals surface area contributed by atoms with Crippen LogP contribution < -0.4 is 4.90 Å². The molecule has 0 saturated heterocycles. The highest BCUT2D eigenvalue weighted by Gasteiger charge is 2.30. The van der Waals surface area contributed by atoms with E-state index in [1.165, 1.54) is 12.1 Å². The van der Waals surface area contributed by atoms with E-state index in [1.54, 1.807) is 0 Å². The molecule has 0 aliphatic carbocycles. The van der Waals surface area contributed by atoms with Crippen molar-refractivity contribution in [2.45, 2.75) is 19.1 Å². The van der Waals surface area contributed by atoms with E-state index in [2.05, 4.69) is 15.9 Å². The van der Waals surface area contributed by atoms with Crippen molar-refractivity contribution in [3.63, 3.8) is 0 Å². The van der Waals surface area contributed by atoms with Gasteiger partial charge in [-0.1, -0.05) is 15.9 Å². The Hall–Kier alpha value is -0.710. The van der Waals surface area contributed by atoms with Crippen molar-refractivity contribution in [2.75, 3.05) is 17.3 Å². The summed E-state index contributed by atoms with van der Waals surface area (Å²) < 4.78 is 37.0. The second kappa shape index (κ2) is 5.08. The monoisotopic (exact) mass is 295 g/mol. The fraction of sp³-hybridized carbons (Fsp3) is 0.455. The van der Waals surface area contributed by atoms with Crippen molar-refractivity contribution < 1.29 is 13.2 Å². The molecule has 1 aromatic rings. The van der Waals surface area contributed by atoms with Crippen molar-refractivity contribution >= 4 is 21.6 Å². The van der Waals surface area contributed by atoms with Crippen molar-refractivity contribution in [1.29, 1.82) is 0 Å². The van der Waals surface area contributed by atoms with E-state index >= 15 is 0 Å². The molecule has 0 bridgehead atoms. The van der Waals surface area contributed by atoms with Crippen molar-refractivity contribution in [3.8, 4) is 0 Å². The molecular formula is C11H13BrF3N. The van der Waals surface area contributed by atoms with Crippen LogP contribution in [0.5, 0.6) is 0 Å². The van der Waals surface area contributed by atoms with Crippen LogP contribution in [0.3, 0.4) is 0 Å². The summed E-state index contributed by atoms with van der Waals surface area (Å²) in [5.41, 5.74) is 0.163. The Morgan fingerprint density at radius 3 is 2.12 bits per heavy atom. The van der Waals surface area contributed by atoms with Crippen molar-refractivity contribution in [1.82, 2.24) is 0 Å². The van der Waals surface area contributed by atoms with Crippen LogP contribution in [-0.2, 0) is 6.18 Å². The lowest BCUT2D eigenvalue weighted by Gasteiger charge is -2.25. The van der Waals surface area contributed by atoms with E-state index in [0.717, 1.165) is 23.2 Å². The van der Waals surface area contributed by atoms with Crippen molar-refractivity contribution in [3.05, 3.63) is 29.8 Å². The topological polar surface area (TPSA) is 3.24 Å². The second-order valence-corrected chi connectivity index (χ2v) is 4.31. The SMILES string of the molecule is CC(CBr)N(C)c1ccc(C(F)(F)F)cc1. The van der Waals surface area contributed by atoms with Gasteiger partial charge >= 0.3 is 6.18 Å². The molecule has 1 unspecified atom stereocenters. The van der Waals surface area contributed by atoms with Gasteiger partial charge in [-0.05, 0) is 31.2 Å². The molecule has 0 spiro atoms. The molecule has 0 amide bonds. The fourth-order valence-corrected chi connectivity index (χ4v) is 1.68. The third-order valence-electron chi connectivity index (χ3n) is 2.49. The second-order valence-electron chi connectivity index (χ2n) is 3.66. The normalized spacial score (nSPS) is 13.6. The Bertz CT molecular complexity index is 334. The van der Waals surface area contributed by atoms with E-state index in [-0.39, 0.29) is 6.04 Å². The number of nitrogens with zero attached hydrogens (tertiary/aromatic N) is 1. The molecule has 1 nitrogen and oxygen atoms in total. The lowest BCUT2D eigenvalue weighted by molar-refractivity contribution is -0.137. The standard InChI is InChI=1S/C11H13BrF3N/c1-8(7-12)16(2)10-5-3-9(4-6-10)11(13,14)15/h3-6,8H,7H2,1-2H3. The number of anilines is 1. The highest BCUT2D eigenvalue weighted by molar-refractivity contribution is 9.09. The molecule has 0 aliphatic rings. The fourth-order valence-electron chi connectivity index (χ4n) is 1.24. The molecule has 5 heteroatoms. The minimum absolute atomic E-state index is 0.233. The van der Waals surface area contributed by atoms with Crippen LogP contribution in [0.1, 0.15) is 12.5 Å². The first kappa shape index (κ1) is 13.4. The van der Waals surface area contributed by atoms with Crippen LogP contribution in [-0.4, -0.2) is 18.4 Å². The largest absolute Gasteiger partial charge is 0.416 e. The zero-order valence-electron chi connectivity index (χ0n) is 9.05. The minimum atomic E-state index is -4.27. The van der Waals surface area contributed by atoms with Gasteiger partial charge in [0.25, 0.3) is 0 Å². The maximum Gasteiger partial charge on any atom is 0.416 e. The molecule has 0 aliphatic heterocycles. The predicted octanol–water partition coefficient (Wildman–Crippen LogP) is 3.93. The highest BCUT2D eigenvalue weighted by Crippen LogP contribution is 2.30. The number of alkyl halides is 4. The van der Waals surface area contributed by atoms with Gasteiger partial charge in [-0.2, -0.15) is 13.2 Å². The smallest absolute Gasteiger partial charge is 0.371 e. The predicted molar refractivity (Wildman–Crippen MR) is 63.1 cm³/mol. The number of halogens is 4. The summed E-state index contributed by atoms with van der Waals surface area (Å²) in [6.45, 7) is 1.99. The average molecular weight is 296 g/mol.